The van der Waals surface area contributed by atoms with Crippen molar-refractivity contribution < 1.29 is 13.6 Å². The van der Waals surface area contributed by atoms with E-state index >= 15 is 0 Å². The molecule has 110 valence electrons. The van der Waals surface area contributed by atoms with Gasteiger partial charge in [0.15, 0.2) is 0 Å². The van der Waals surface area contributed by atoms with Crippen LogP contribution >= 0.6 is 11.8 Å². The molecule has 0 atom stereocenters. The lowest BCUT2D eigenvalue weighted by Gasteiger charge is -2.07. The first kappa shape index (κ1) is 15.3. The SMILES string of the molecule is Nc1ccc(F)c(NC(=O)CCSc2ccccc2F)c1. The zero-order valence-electron chi connectivity index (χ0n) is 11.1. The molecule has 3 N–H and O–H groups in total. The Balaban J connectivity index is 1.85. The van der Waals surface area contributed by atoms with Crippen molar-refractivity contribution >= 4 is 29.0 Å². The highest BCUT2D eigenvalue weighted by atomic mass is 32.2. The van der Waals surface area contributed by atoms with Crippen molar-refractivity contribution in [2.24, 2.45) is 0 Å². The summed E-state index contributed by atoms with van der Waals surface area (Å²) >= 11 is 1.24. The minimum absolute atomic E-state index is 0.0518. The van der Waals surface area contributed by atoms with Crippen LogP contribution in [-0.2, 0) is 4.79 Å². The fourth-order valence-electron chi connectivity index (χ4n) is 1.67. The number of benzene rings is 2. The van der Waals surface area contributed by atoms with Gasteiger partial charge in [0, 0.05) is 22.8 Å². The second kappa shape index (κ2) is 7.08. The molecule has 0 saturated heterocycles. The van der Waals surface area contributed by atoms with Crippen molar-refractivity contribution in [3.63, 3.8) is 0 Å². The smallest absolute Gasteiger partial charge is 0.225 e. The first-order valence-electron chi connectivity index (χ1n) is 6.28. The van der Waals surface area contributed by atoms with E-state index in [1.807, 2.05) is 0 Å². The highest BCUT2D eigenvalue weighted by molar-refractivity contribution is 7.99. The number of rotatable bonds is 5. The van der Waals surface area contributed by atoms with E-state index in [0.29, 0.717) is 16.3 Å². The number of hydrogen-bond acceptors (Lipinski definition) is 3. The summed E-state index contributed by atoms with van der Waals surface area (Å²) in [7, 11) is 0. The molecule has 0 bridgehead atoms. The highest BCUT2D eigenvalue weighted by Crippen LogP contribution is 2.22. The zero-order valence-corrected chi connectivity index (χ0v) is 11.9. The van der Waals surface area contributed by atoms with E-state index in [1.165, 1.54) is 36.0 Å². The number of hydrogen-bond donors (Lipinski definition) is 2. The largest absolute Gasteiger partial charge is 0.399 e. The fourth-order valence-corrected chi connectivity index (χ4v) is 2.55. The summed E-state index contributed by atoms with van der Waals surface area (Å²) in [5.41, 5.74) is 5.95. The van der Waals surface area contributed by atoms with Crippen LogP contribution in [0.15, 0.2) is 47.4 Å². The predicted octanol–water partition coefficient (Wildman–Crippen LogP) is 3.67. The third kappa shape index (κ3) is 4.46. The van der Waals surface area contributed by atoms with Gasteiger partial charge in [-0.1, -0.05) is 12.1 Å². The first-order chi connectivity index (χ1) is 10.1. The number of nitrogen functional groups attached to an aromatic ring is 1. The Kier molecular flexibility index (Phi) is 5.16. The molecule has 0 radical (unpaired) electrons. The normalized spacial score (nSPS) is 10.4. The summed E-state index contributed by atoms with van der Waals surface area (Å²) in [6, 6.07) is 10.3. The molecule has 0 fully saturated rings. The molecule has 0 aliphatic rings. The number of anilines is 2. The minimum Gasteiger partial charge on any atom is -0.399 e. The van der Waals surface area contributed by atoms with Crippen LogP contribution in [0, 0.1) is 11.6 Å². The Labute approximate surface area is 125 Å². The van der Waals surface area contributed by atoms with E-state index in [-0.39, 0.29) is 23.8 Å². The first-order valence-corrected chi connectivity index (χ1v) is 7.27. The lowest BCUT2D eigenvalue weighted by molar-refractivity contribution is -0.115. The van der Waals surface area contributed by atoms with Crippen LogP contribution in [0.1, 0.15) is 6.42 Å². The van der Waals surface area contributed by atoms with Crippen LogP contribution in [0.4, 0.5) is 20.2 Å². The molecule has 0 unspecified atom stereocenters. The summed E-state index contributed by atoms with van der Waals surface area (Å²) in [4.78, 5) is 12.2. The van der Waals surface area contributed by atoms with Gasteiger partial charge < -0.3 is 11.1 Å². The van der Waals surface area contributed by atoms with E-state index in [0.717, 1.165) is 0 Å². The molecule has 0 spiro atoms. The van der Waals surface area contributed by atoms with Gasteiger partial charge in [0.1, 0.15) is 11.6 Å². The molecule has 0 aliphatic heterocycles. The van der Waals surface area contributed by atoms with E-state index in [4.69, 9.17) is 5.73 Å². The number of nitrogens with two attached hydrogens (primary N) is 1. The number of carbonyl (C=O) groups is 1. The third-order valence-corrected chi connectivity index (χ3v) is 3.74. The summed E-state index contributed by atoms with van der Waals surface area (Å²) in [6.45, 7) is 0. The molecule has 0 heterocycles. The Morgan fingerprint density at radius 2 is 1.90 bits per heavy atom. The van der Waals surface area contributed by atoms with Gasteiger partial charge in [0.25, 0.3) is 0 Å². The Morgan fingerprint density at radius 1 is 1.14 bits per heavy atom. The van der Waals surface area contributed by atoms with Crippen molar-refractivity contribution in [2.75, 3.05) is 16.8 Å². The predicted molar refractivity (Wildman–Crippen MR) is 81.2 cm³/mol. The van der Waals surface area contributed by atoms with Gasteiger partial charge in [0.2, 0.25) is 5.91 Å². The van der Waals surface area contributed by atoms with Crippen molar-refractivity contribution in [1.29, 1.82) is 0 Å². The molecule has 2 rings (SSSR count). The molecule has 1 amide bonds. The second-order valence-corrected chi connectivity index (χ2v) is 5.45. The molecule has 0 aliphatic carbocycles. The zero-order chi connectivity index (χ0) is 15.2. The van der Waals surface area contributed by atoms with Gasteiger partial charge >= 0.3 is 0 Å². The van der Waals surface area contributed by atoms with E-state index in [9.17, 15) is 13.6 Å². The van der Waals surface area contributed by atoms with Crippen LogP contribution < -0.4 is 11.1 Å². The quantitative estimate of drug-likeness (QED) is 0.654. The molecule has 21 heavy (non-hydrogen) atoms. The van der Waals surface area contributed by atoms with Crippen molar-refractivity contribution in [3.05, 3.63) is 54.1 Å². The Hall–Kier alpha value is -2.08. The molecular formula is C15H14F2N2OS. The summed E-state index contributed by atoms with van der Waals surface area (Å²) < 4.78 is 26.8. The van der Waals surface area contributed by atoms with Crippen molar-refractivity contribution in [2.45, 2.75) is 11.3 Å². The van der Waals surface area contributed by atoms with Crippen LogP contribution in [-0.4, -0.2) is 11.7 Å². The molecular weight excluding hydrogens is 294 g/mol. The van der Waals surface area contributed by atoms with Crippen LogP contribution in [0.3, 0.4) is 0 Å². The highest BCUT2D eigenvalue weighted by Gasteiger charge is 2.08. The third-order valence-electron chi connectivity index (χ3n) is 2.69. The molecule has 6 heteroatoms. The second-order valence-electron chi connectivity index (χ2n) is 4.32. The van der Waals surface area contributed by atoms with Crippen LogP contribution in [0.2, 0.25) is 0 Å². The Bertz CT molecular complexity index is 649. The van der Waals surface area contributed by atoms with Gasteiger partial charge in [-0.25, -0.2) is 8.78 Å². The van der Waals surface area contributed by atoms with Gasteiger partial charge in [-0.2, -0.15) is 0 Å². The maximum atomic E-state index is 13.4. The Morgan fingerprint density at radius 3 is 2.67 bits per heavy atom. The van der Waals surface area contributed by atoms with E-state index < -0.39 is 5.82 Å². The number of carbonyl (C=O) groups excluding carboxylic acids is 1. The summed E-state index contributed by atoms with van der Waals surface area (Å²) in [5.74, 6) is -0.802. The van der Waals surface area contributed by atoms with Gasteiger partial charge in [0.05, 0.1) is 5.69 Å². The summed E-state index contributed by atoms with van der Waals surface area (Å²) in [5, 5.41) is 2.45. The fraction of sp³-hybridized carbons (Fsp3) is 0.133. The number of amides is 1. The molecule has 0 aromatic heterocycles. The van der Waals surface area contributed by atoms with Crippen molar-refractivity contribution in [3.8, 4) is 0 Å². The summed E-state index contributed by atoms with van der Waals surface area (Å²) in [6.07, 6.45) is 0.146. The lowest BCUT2D eigenvalue weighted by Crippen LogP contribution is -2.13. The molecule has 3 nitrogen and oxygen atoms in total. The van der Waals surface area contributed by atoms with Crippen molar-refractivity contribution in [1.82, 2.24) is 0 Å². The minimum atomic E-state index is -0.542. The molecule has 2 aromatic carbocycles. The van der Waals surface area contributed by atoms with E-state index in [2.05, 4.69) is 5.32 Å². The monoisotopic (exact) mass is 308 g/mol. The average molecular weight is 308 g/mol. The van der Waals surface area contributed by atoms with Gasteiger partial charge in [-0.05, 0) is 30.3 Å². The van der Waals surface area contributed by atoms with Gasteiger partial charge in [-0.15, -0.1) is 11.8 Å². The number of thioether (sulfide) groups is 1. The number of halogens is 2. The standard InChI is InChI=1S/C15H14F2N2OS/c16-11-6-5-10(18)9-13(11)19-15(20)7-8-21-14-4-2-1-3-12(14)17/h1-6,9H,7-8,18H2,(H,19,20). The maximum absolute atomic E-state index is 13.4. The van der Waals surface area contributed by atoms with Crippen LogP contribution in [0.25, 0.3) is 0 Å². The lowest BCUT2D eigenvalue weighted by atomic mass is 10.2. The van der Waals surface area contributed by atoms with Gasteiger partial charge in [-0.3, -0.25) is 4.79 Å². The van der Waals surface area contributed by atoms with E-state index in [1.54, 1.807) is 18.2 Å². The maximum Gasteiger partial charge on any atom is 0.225 e. The molecule has 2 aromatic rings. The average Bonchev–Trinajstić information content (AvgIpc) is 2.45. The van der Waals surface area contributed by atoms with Crippen LogP contribution in [0.5, 0.6) is 0 Å². The number of nitrogens with one attached hydrogen (secondary N) is 1. The molecule has 0 saturated carbocycles. The topological polar surface area (TPSA) is 55.1 Å².